The summed E-state index contributed by atoms with van der Waals surface area (Å²) >= 11 is 0. The molecule has 0 aromatic heterocycles. The average molecular weight is 213 g/mol. The van der Waals surface area contributed by atoms with Crippen LogP contribution in [0.5, 0.6) is 0 Å². The van der Waals surface area contributed by atoms with Crippen molar-refractivity contribution in [1.29, 1.82) is 0 Å². The Morgan fingerprint density at radius 3 is 2.80 bits per heavy atom. The fourth-order valence-corrected chi connectivity index (χ4v) is 1.57. The van der Waals surface area contributed by atoms with Crippen LogP contribution < -0.4 is 5.32 Å². The summed E-state index contributed by atoms with van der Waals surface area (Å²) in [5, 5.41) is 3.17. The summed E-state index contributed by atoms with van der Waals surface area (Å²) in [7, 11) is 5.27. The van der Waals surface area contributed by atoms with E-state index in [1.807, 2.05) is 0 Å². The van der Waals surface area contributed by atoms with Crippen LogP contribution in [0.3, 0.4) is 0 Å². The molecule has 0 bridgehead atoms. The van der Waals surface area contributed by atoms with E-state index in [9.17, 15) is 9.59 Å². The molecular formula is C10H19N3O2. The highest BCUT2D eigenvalue weighted by Gasteiger charge is 2.22. The van der Waals surface area contributed by atoms with Crippen molar-refractivity contribution < 1.29 is 9.59 Å². The molecule has 2 amide bonds. The van der Waals surface area contributed by atoms with Crippen LogP contribution >= 0.6 is 0 Å². The van der Waals surface area contributed by atoms with E-state index in [0.29, 0.717) is 19.5 Å². The first-order valence-corrected chi connectivity index (χ1v) is 5.18. The van der Waals surface area contributed by atoms with Gasteiger partial charge in [-0.3, -0.25) is 9.59 Å². The Balaban J connectivity index is 2.28. The monoisotopic (exact) mass is 213 g/mol. The maximum absolute atomic E-state index is 11.3. The van der Waals surface area contributed by atoms with Crippen molar-refractivity contribution in [3.8, 4) is 0 Å². The number of likely N-dealkylation sites (N-methyl/N-ethyl adjacent to an activating group) is 2. The Morgan fingerprint density at radius 2 is 2.27 bits per heavy atom. The molecule has 1 saturated heterocycles. The standard InChI is InChI=1S/C10H19N3O2/c1-12(2)10(15)6-11-8-4-5-9(14)13(3)7-8/h8,11H,4-7H2,1-3H3. The first-order chi connectivity index (χ1) is 7.00. The van der Waals surface area contributed by atoms with Crippen molar-refractivity contribution in [3.63, 3.8) is 0 Å². The molecule has 1 rings (SSSR count). The third kappa shape index (κ3) is 3.51. The number of hydrogen-bond donors (Lipinski definition) is 1. The van der Waals surface area contributed by atoms with Crippen molar-refractivity contribution >= 4 is 11.8 Å². The van der Waals surface area contributed by atoms with Crippen molar-refractivity contribution in [2.45, 2.75) is 18.9 Å². The number of amides is 2. The van der Waals surface area contributed by atoms with Gasteiger partial charge in [-0.1, -0.05) is 0 Å². The van der Waals surface area contributed by atoms with Gasteiger partial charge in [0.1, 0.15) is 0 Å². The van der Waals surface area contributed by atoms with Gasteiger partial charge in [0.25, 0.3) is 0 Å². The van der Waals surface area contributed by atoms with Crippen molar-refractivity contribution in [2.75, 3.05) is 34.2 Å². The number of hydrogen-bond acceptors (Lipinski definition) is 3. The lowest BCUT2D eigenvalue weighted by molar-refractivity contribution is -0.132. The zero-order valence-corrected chi connectivity index (χ0v) is 9.62. The van der Waals surface area contributed by atoms with Crippen molar-refractivity contribution in [3.05, 3.63) is 0 Å². The minimum atomic E-state index is 0.0644. The summed E-state index contributed by atoms with van der Waals surface area (Å²) in [6.07, 6.45) is 1.40. The number of nitrogens with zero attached hydrogens (tertiary/aromatic N) is 2. The lowest BCUT2D eigenvalue weighted by Gasteiger charge is -2.30. The van der Waals surface area contributed by atoms with Crippen LogP contribution in [0.25, 0.3) is 0 Å². The number of nitrogens with one attached hydrogen (secondary N) is 1. The Labute approximate surface area is 90.4 Å². The van der Waals surface area contributed by atoms with Gasteiger partial charge in [-0.2, -0.15) is 0 Å². The van der Waals surface area contributed by atoms with Crippen LogP contribution in [0, 0.1) is 0 Å². The number of carbonyl (C=O) groups is 2. The van der Waals surface area contributed by atoms with Gasteiger partial charge in [-0.05, 0) is 6.42 Å². The van der Waals surface area contributed by atoms with Crippen LogP contribution in [-0.4, -0.2) is 61.9 Å². The van der Waals surface area contributed by atoms with Gasteiger partial charge in [-0.15, -0.1) is 0 Å². The first kappa shape index (κ1) is 12.0. The van der Waals surface area contributed by atoms with E-state index in [1.165, 1.54) is 0 Å². The van der Waals surface area contributed by atoms with Gasteiger partial charge in [0.05, 0.1) is 6.54 Å². The molecule has 15 heavy (non-hydrogen) atoms. The quantitative estimate of drug-likeness (QED) is 0.673. The van der Waals surface area contributed by atoms with Crippen LogP contribution in [-0.2, 0) is 9.59 Å². The van der Waals surface area contributed by atoms with Crippen molar-refractivity contribution in [2.24, 2.45) is 0 Å². The number of rotatable bonds is 3. The van der Waals surface area contributed by atoms with E-state index >= 15 is 0 Å². The summed E-state index contributed by atoms with van der Waals surface area (Å²) in [5.41, 5.74) is 0. The Hall–Kier alpha value is -1.10. The molecule has 0 spiro atoms. The first-order valence-electron chi connectivity index (χ1n) is 5.18. The second-order valence-electron chi connectivity index (χ2n) is 4.18. The molecule has 5 nitrogen and oxygen atoms in total. The fourth-order valence-electron chi connectivity index (χ4n) is 1.57. The fraction of sp³-hybridized carbons (Fsp3) is 0.800. The Morgan fingerprint density at radius 1 is 1.60 bits per heavy atom. The lowest BCUT2D eigenvalue weighted by Crippen LogP contribution is -2.48. The molecule has 86 valence electrons. The van der Waals surface area contributed by atoms with Gasteiger partial charge in [0.2, 0.25) is 11.8 Å². The summed E-state index contributed by atoms with van der Waals surface area (Å²) in [5.74, 6) is 0.251. The predicted octanol–water partition coefficient (Wildman–Crippen LogP) is -0.715. The minimum Gasteiger partial charge on any atom is -0.348 e. The zero-order chi connectivity index (χ0) is 11.4. The summed E-state index contributed by atoms with van der Waals surface area (Å²) in [6.45, 7) is 1.04. The summed E-state index contributed by atoms with van der Waals surface area (Å²) in [4.78, 5) is 25.8. The highest BCUT2D eigenvalue weighted by atomic mass is 16.2. The highest BCUT2D eigenvalue weighted by molar-refractivity contribution is 5.78. The predicted molar refractivity (Wildman–Crippen MR) is 57.4 cm³/mol. The molecule has 0 aromatic carbocycles. The van der Waals surface area contributed by atoms with E-state index in [1.54, 1.807) is 30.9 Å². The van der Waals surface area contributed by atoms with Gasteiger partial charge < -0.3 is 15.1 Å². The average Bonchev–Trinajstić information content (AvgIpc) is 2.19. The number of likely N-dealkylation sites (tertiary alicyclic amines) is 1. The molecule has 1 fully saturated rings. The topological polar surface area (TPSA) is 52.7 Å². The van der Waals surface area contributed by atoms with E-state index < -0.39 is 0 Å². The molecular weight excluding hydrogens is 194 g/mol. The second kappa shape index (κ2) is 5.11. The molecule has 0 saturated carbocycles. The van der Waals surface area contributed by atoms with Gasteiger partial charge in [-0.25, -0.2) is 0 Å². The smallest absolute Gasteiger partial charge is 0.236 e. The zero-order valence-electron chi connectivity index (χ0n) is 9.62. The normalized spacial score (nSPS) is 21.7. The largest absolute Gasteiger partial charge is 0.348 e. The molecule has 0 aromatic rings. The SMILES string of the molecule is CN(C)C(=O)CNC1CCC(=O)N(C)C1. The Bertz CT molecular complexity index is 253. The maximum atomic E-state index is 11.3. The number of piperidine rings is 1. The van der Waals surface area contributed by atoms with Gasteiger partial charge >= 0.3 is 0 Å². The van der Waals surface area contributed by atoms with Crippen LogP contribution in [0.4, 0.5) is 0 Å². The van der Waals surface area contributed by atoms with E-state index in [2.05, 4.69) is 5.32 Å². The summed E-state index contributed by atoms with van der Waals surface area (Å²) in [6, 6.07) is 0.247. The minimum absolute atomic E-state index is 0.0644. The molecule has 0 aliphatic carbocycles. The molecule has 1 atom stereocenters. The molecule has 1 heterocycles. The molecule has 1 N–H and O–H groups in total. The van der Waals surface area contributed by atoms with E-state index in [4.69, 9.17) is 0 Å². The van der Waals surface area contributed by atoms with Crippen LogP contribution in [0.2, 0.25) is 0 Å². The van der Waals surface area contributed by atoms with E-state index in [-0.39, 0.29) is 17.9 Å². The number of carbonyl (C=O) groups excluding carboxylic acids is 2. The molecule has 1 aliphatic heterocycles. The van der Waals surface area contributed by atoms with Crippen molar-refractivity contribution in [1.82, 2.24) is 15.1 Å². The third-order valence-electron chi connectivity index (χ3n) is 2.67. The van der Waals surface area contributed by atoms with E-state index in [0.717, 1.165) is 6.42 Å². The molecule has 0 radical (unpaired) electrons. The Kier molecular flexibility index (Phi) is 4.08. The lowest BCUT2D eigenvalue weighted by atomic mass is 10.1. The summed E-state index contributed by atoms with van der Waals surface area (Å²) < 4.78 is 0. The second-order valence-corrected chi connectivity index (χ2v) is 4.18. The van der Waals surface area contributed by atoms with Crippen LogP contribution in [0.15, 0.2) is 0 Å². The molecule has 1 unspecified atom stereocenters. The maximum Gasteiger partial charge on any atom is 0.236 e. The van der Waals surface area contributed by atoms with Crippen LogP contribution in [0.1, 0.15) is 12.8 Å². The van der Waals surface area contributed by atoms with Gasteiger partial charge in [0.15, 0.2) is 0 Å². The van der Waals surface area contributed by atoms with Gasteiger partial charge in [0, 0.05) is 40.2 Å². The molecule has 1 aliphatic rings. The highest BCUT2D eigenvalue weighted by Crippen LogP contribution is 2.09. The molecule has 5 heteroatoms. The third-order valence-corrected chi connectivity index (χ3v) is 2.67.